The van der Waals surface area contributed by atoms with Gasteiger partial charge in [-0.1, -0.05) is 17.7 Å². The number of halogens is 3. The minimum atomic E-state index is -4.82. The van der Waals surface area contributed by atoms with Crippen molar-refractivity contribution in [2.24, 2.45) is 0 Å². The molecule has 1 saturated heterocycles. The van der Waals surface area contributed by atoms with Crippen LogP contribution in [-0.2, 0) is 15.7 Å². The summed E-state index contributed by atoms with van der Waals surface area (Å²) in [6, 6.07) is 9.29. The first-order valence-electron chi connectivity index (χ1n) is 12.8. The Morgan fingerprint density at radius 1 is 1.05 bits per heavy atom. The van der Waals surface area contributed by atoms with E-state index < -0.39 is 22.4 Å². The van der Waals surface area contributed by atoms with Crippen LogP contribution in [-0.4, -0.2) is 60.7 Å². The zero-order valence-electron chi connectivity index (χ0n) is 21.6. The normalized spacial score (nSPS) is 20.3. The average molecular weight is 535 g/mol. The smallest absolute Gasteiger partial charge is 0.382 e. The fraction of sp³-hybridized carbons (Fsp3) is 0.519. The van der Waals surface area contributed by atoms with Crippen LogP contribution in [0.3, 0.4) is 0 Å². The van der Waals surface area contributed by atoms with E-state index in [0.717, 1.165) is 25.2 Å². The highest BCUT2D eigenvalue weighted by molar-refractivity contribution is 5.77. The van der Waals surface area contributed by atoms with Gasteiger partial charge in [-0.2, -0.15) is 13.2 Å². The molecular weight excluding hydrogens is 501 g/mol. The van der Waals surface area contributed by atoms with Crippen molar-refractivity contribution in [3.63, 3.8) is 0 Å². The molecule has 0 spiro atoms. The zero-order valence-corrected chi connectivity index (χ0v) is 21.6. The van der Waals surface area contributed by atoms with Gasteiger partial charge in [-0.25, -0.2) is 0 Å². The molecule has 1 aliphatic carbocycles. The Morgan fingerprint density at radius 2 is 1.74 bits per heavy atom. The summed E-state index contributed by atoms with van der Waals surface area (Å²) in [4.78, 5) is 26.8. The van der Waals surface area contributed by atoms with E-state index in [1.54, 1.807) is 0 Å². The standard InChI is InChI=1S/C27H33F3N4O4/c1-18-3-9-24(19(2)15-18)32-11-13-33(14-12-32)26(35)17-38-22-7-4-20(5-8-22)31-21-6-10-25(34(36)37)23(16-21)27(28,29)30/h3,6,9-10,15-16,20,22,31H,4-5,7-8,11-14,17H2,1-2H3. The first kappa shape index (κ1) is 27.7. The third kappa shape index (κ3) is 6.75. The number of nitrogens with zero attached hydrogens (tertiary/aromatic N) is 3. The van der Waals surface area contributed by atoms with Crippen LogP contribution in [0.2, 0.25) is 0 Å². The van der Waals surface area contributed by atoms with E-state index in [-0.39, 0.29) is 30.3 Å². The molecule has 0 bridgehead atoms. The van der Waals surface area contributed by atoms with Crippen molar-refractivity contribution < 1.29 is 27.6 Å². The van der Waals surface area contributed by atoms with Crippen LogP contribution in [0.1, 0.15) is 42.4 Å². The first-order valence-corrected chi connectivity index (χ1v) is 12.8. The molecule has 2 aromatic carbocycles. The number of nitro groups is 1. The van der Waals surface area contributed by atoms with Gasteiger partial charge in [-0.3, -0.25) is 14.9 Å². The largest absolute Gasteiger partial charge is 0.423 e. The maximum Gasteiger partial charge on any atom is 0.423 e. The van der Waals surface area contributed by atoms with Gasteiger partial charge in [0.2, 0.25) is 5.91 Å². The second-order valence-electron chi connectivity index (χ2n) is 10.1. The van der Waals surface area contributed by atoms with Crippen LogP contribution in [0.4, 0.5) is 30.2 Å². The van der Waals surface area contributed by atoms with Crippen molar-refractivity contribution >= 4 is 23.0 Å². The molecule has 1 aliphatic heterocycles. The third-order valence-electron chi connectivity index (χ3n) is 7.31. The Labute approximate surface area is 219 Å². The Hall–Kier alpha value is -3.34. The molecule has 11 heteroatoms. The van der Waals surface area contributed by atoms with Gasteiger partial charge in [0.05, 0.1) is 11.0 Å². The maximum atomic E-state index is 13.2. The number of piperazine rings is 1. The highest BCUT2D eigenvalue weighted by atomic mass is 19.4. The van der Waals surface area contributed by atoms with Crippen molar-refractivity contribution in [2.75, 3.05) is 43.0 Å². The summed E-state index contributed by atoms with van der Waals surface area (Å²) in [6.45, 7) is 7.01. The molecule has 4 rings (SSSR count). The number of aryl methyl sites for hydroxylation is 2. The predicted octanol–water partition coefficient (Wildman–Crippen LogP) is 5.32. The van der Waals surface area contributed by atoms with Crippen molar-refractivity contribution in [2.45, 2.75) is 57.9 Å². The Balaban J connectivity index is 1.21. The first-order chi connectivity index (χ1) is 18.0. The van der Waals surface area contributed by atoms with Gasteiger partial charge in [-0.05, 0) is 63.3 Å². The van der Waals surface area contributed by atoms with E-state index >= 15 is 0 Å². The van der Waals surface area contributed by atoms with E-state index in [1.807, 2.05) is 4.90 Å². The molecule has 1 saturated carbocycles. The Kier molecular flexibility index (Phi) is 8.44. The van der Waals surface area contributed by atoms with E-state index in [0.29, 0.717) is 38.8 Å². The topological polar surface area (TPSA) is 88.0 Å². The second kappa shape index (κ2) is 11.6. The lowest BCUT2D eigenvalue weighted by atomic mass is 9.92. The lowest BCUT2D eigenvalue weighted by molar-refractivity contribution is -0.388. The van der Waals surface area contributed by atoms with Crippen LogP contribution < -0.4 is 10.2 Å². The molecule has 0 aromatic heterocycles. The van der Waals surface area contributed by atoms with E-state index in [9.17, 15) is 28.1 Å². The monoisotopic (exact) mass is 534 g/mol. The van der Waals surface area contributed by atoms with Crippen LogP contribution in [0.15, 0.2) is 36.4 Å². The molecule has 2 aliphatic rings. The summed E-state index contributed by atoms with van der Waals surface area (Å²) >= 11 is 0. The molecule has 8 nitrogen and oxygen atoms in total. The summed E-state index contributed by atoms with van der Waals surface area (Å²) in [7, 11) is 0. The number of hydrogen-bond acceptors (Lipinski definition) is 6. The highest BCUT2D eigenvalue weighted by Gasteiger charge is 2.38. The van der Waals surface area contributed by atoms with Crippen LogP contribution in [0.25, 0.3) is 0 Å². The summed E-state index contributed by atoms with van der Waals surface area (Å²) in [5, 5.41) is 14.0. The van der Waals surface area contributed by atoms with E-state index in [1.165, 1.54) is 22.9 Å². The number of carbonyl (C=O) groups excluding carboxylic acids is 1. The Bertz CT molecular complexity index is 1160. The molecule has 206 valence electrons. The molecule has 0 atom stereocenters. The fourth-order valence-corrected chi connectivity index (χ4v) is 5.26. The third-order valence-corrected chi connectivity index (χ3v) is 7.31. The molecule has 2 fully saturated rings. The maximum absolute atomic E-state index is 13.2. The molecule has 2 aromatic rings. The second-order valence-corrected chi connectivity index (χ2v) is 10.1. The molecular formula is C27H33F3N4O4. The van der Waals surface area contributed by atoms with E-state index in [2.05, 4.69) is 42.3 Å². The van der Waals surface area contributed by atoms with Crippen molar-refractivity contribution in [3.8, 4) is 0 Å². The molecule has 0 unspecified atom stereocenters. The van der Waals surface area contributed by atoms with E-state index in [4.69, 9.17) is 4.74 Å². The van der Waals surface area contributed by atoms with Gasteiger partial charge >= 0.3 is 6.18 Å². The number of rotatable bonds is 7. The fourth-order valence-electron chi connectivity index (χ4n) is 5.26. The molecule has 38 heavy (non-hydrogen) atoms. The number of carbonyl (C=O) groups is 1. The summed E-state index contributed by atoms with van der Waals surface area (Å²) in [5.74, 6) is -0.0314. The van der Waals surface area contributed by atoms with Gasteiger partial charge in [0.15, 0.2) is 0 Å². The predicted molar refractivity (Wildman–Crippen MR) is 138 cm³/mol. The highest BCUT2D eigenvalue weighted by Crippen LogP contribution is 2.38. The summed E-state index contributed by atoms with van der Waals surface area (Å²) in [6.07, 6.45) is -2.24. The van der Waals surface area contributed by atoms with Gasteiger partial charge < -0.3 is 19.9 Å². The Morgan fingerprint density at radius 3 is 2.34 bits per heavy atom. The van der Waals surface area contributed by atoms with Crippen molar-refractivity contribution in [1.29, 1.82) is 0 Å². The van der Waals surface area contributed by atoms with Gasteiger partial charge in [-0.15, -0.1) is 0 Å². The van der Waals surface area contributed by atoms with Gasteiger partial charge in [0.25, 0.3) is 5.69 Å². The molecule has 1 amide bonds. The van der Waals surface area contributed by atoms with Gasteiger partial charge in [0.1, 0.15) is 12.2 Å². The summed E-state index contributed by atoms with van der Waals surface area (Å²) in [5.41, 5.74) is 1.63. The van der Waals surface area contributed by atoms with Crippen LogP contribution in [0, 0.1) is 24.0 Å². The van der Waals surface area contributed by atoms with Crippen molar-refractivity contribution in [3.05, 3.63) is 63.2 Å². The SMILES string of the molecule is Cc1ccc(N2CCN(C(=O)COC3CCC(Nc4ccc([N+](=O)[O-])c(C(F)(F)F)c4)CC3)CC2)c(C)c1. The number of anilines is 2. The minimum absolute atomic E-state index is 0.0175. The molecule has 1 N–H and O–H groups in total. The lowest BCUT2D eigenvalue weighted by Crippen LogP contribution is -2.50. The minimum Gasteiger partial charge on any atom is -0.382 e. The average Bonchev–Trinajstić information content (AvgIpc) is 2.87. The number of alkyl halides is 3. The zero-order chi connectivity index (χ0) is 27.4. The summed E-state index contributed by atoms with van der Waals surface area (Å²) < 4.78 is 45.6. The number of nitro benzene ring substituents is 1. The molecule has 1 heterocycles. The number of benzene rings is 2. The number of ether oxygens (including phenoxy) is 1. The number of hydrogen-bond donors (Lipinski definition) is 1. The van der Waals surface area contributed by atoms with Crippen molar-refractivity contribution in [1.82, 2.24) is 4.90 Å². The quantitative estimate of drug-likeness (QED) is 0.382. The van der Waals surface area contributed by atoms with Crippen LogP contribution in [0.5, 0.6) is 0 Å². The lowest BCUT2D eigenvalue weighted by Gasteiger charge is -2.37. The number of nitrogens with one attached hydrogen (secondary N) is 1. The van der Waals surface area contributed by atoms with Crippen LogP contribution >= 0.6 is 0 Å². The number of amides is 1. The molecule has 0 radical (unpaired) electrons. The van der Waals surface area contributed by atoms with Gasteiger partial charge in [0, 0.05) is 49.7 Å².